The van der Waals surface area contributed by atoms with E-state index >= 15 is 0 Å². The first-order chi connectivity index (χ1) is 11.1. The van der Waals surface area contributed by atoms with Crippen LogP contribution in [0.3, 0.4) is 0 Å². The molecule has 2 heterocycles. The lowest BCUT2D eigenvalue weighted by atomic mass is 9.81. The monoisotopic (exact) mass is 315 g/mol. The molecule has 23 heavy (non-hydrogen) atoms. The Morgan fingerprint density at radius 3 is 2.96 bits per heavy atom. The second-order valence-corrected chi connectivity index (χ2v) is 6.92. The number of nitrogens with one attached hydrogen (secondary N) is 2. The van der Waals surface area contributed by atoms with Crippen LogP contribution in [0.4, 0.5) is 10.5 Å². The summed E-state index contributed by atoms with van der Waals surface area (Å²) in [6.45, 7) is 6.36. The molecule has 5 nitrogen and oxygen atoms in total. The summed E-state index contributed by atoms with van der Waals surface area (Å²) in [4.78, 5) is 16.5. The molecule has 5 heteroatoms. The van der Waals surface area contributed by atoms with Crippen molar-refractivity contribution in [1.82, 2.24) is 10.3 Å². The fraction of sp³-hybridized carbons (Fsp3) is 0.556. The lowest BCUT2D eigenvalue weighted by molar-refractivity contribution is 0.145. The van der Waals surface area contributed by atoms with Crippen molar-refractivity contribution in [1.29, 1.82) is 0 Å². The second kappa shape index (κ2) is 6.71. The number of carbonyl (C=O) groups is 1. The van der Waals surface area contributed by atoms with E-state index in [0.717, 1.165) is 38.0 Å². The molecular weight excluding hydrogens is 290 g/mol. The number of ether oxygens (including phenoxy) is 1. The number of amides is 2. The van der Waals surface area contributed by atoms with Crippen molar-refractivity contribution >= 4 is 11.7 Å². The van der Waals surface area contributed by atoms with Crippen LogP contribution in [0.15, 0.2) is 24.0 Å². The van der Waals surface area contributed by atoms with Crippen molar-refractivity contribution in [2.45, 2.75) is 39.5 Å². The first kappa shape index (κ1) is 16.0. The van der Waals surface area contributed by atoms with E-state index in [2.05, 4.69) is 35.5 Å². The minimum absolute atomic E-state index is 0.0575. The minimum atomic E-state index is -0.159. The van der Waals surface area contributed by atoms with Crippen molar-refractivity contribution in [3.63, 3.8) is 0 Å². The number of anilines is 1. The summed E-state index contributed by atoms with van der Waals surface area (Å²) < 4.78 is 5.36. The zero-order chi connectivity index (χ0) is 16.3. The lowest BCUT2D eigenvalue weighted by Crippen LogP contribution is -2.38. The molecular formula is C18H25N3O2. The second-order valence-electron chi connectivity index (χ2n) is 6.92. The molecule has 0 saturated heterocycles. The third-order valence-electron chi connectivity index (χ3n) is 4.79. The fourth-order valence-corrected chi connectivity index (χ4v) is 3.33. The van der Waals surface area contributed by atoms with E-state index in [1.54, 1.807) is 6.20 Å². The van der Waals surface area contributed by atoms with Gasteiger partial charge >= 0.3 is 6.03 Å². The topological polar surface area (TPSA) is 63.2 Å². The van der Waals surface area contributed by atoms with Crippen LogP contribution in [0.2, 0.25) is 0 Å². The number of pyridine rings is 1. The van der Waals surface area contributed by atoms with Gasteiger partial charge in [-0.25, -0.2) is 4.79 Å². The third kappa shape index (κ3) is 3.72. The average molecular weight is 315 g/mol. The molecule has 1 aromatic rings. The standard InChI is InChI=1S/C18H25N3O2/c1-18(2,14-6-8-23-9-7-14)12-20-17(22)21-16-11-19-10-13-4-3-5-15(13)16/h6,10-11H,3-5,7-9,12H2,1-2H3,(H2,20,21,22). The Hall–Kier alpha value is -1.88. The Bertz CT molecular complexity index is 623. The Kier molecular flexibility index (Phi) is 4.66. The fourth-order valence-electron chi connectivity index (χ4n) is 3.33. The summed E-state index contributed by atoms with van der Waals surface area (Å²) in [6.07, 6.45) is 9.95. The van der Waals surface area contributed by atoms with Gasteiger partial charge in [0.25, 0.3) is 0 Å². The van der Waals surface area contributed by atoms with Gasteiger partial charge in [0.2, 0.25) is 0 Å². The van der Waals surface area contributed by atoms with E-state index in [0.29, 0.717) is 13.2 Å². The molecule has 124 valence electrons. The zero-order valence-corrected chi connectivity index (χ0v) is 13.9. The number of aryl methyl sites for hydroxylation is 1. The highest BCUT2D eigenvalue weighted by atomic mass is 16.5. The molecule has 2 aliphatic rings. The molecule has 0 saturated carbocycles. The maximum atomic E-state index is 12.2. The number of carbonyl (C=O) groups excluding carboxylic acids is 1. The molecule has 0 bridgehead atoms. The van der Waals surface area contributed by atoms with Gasteiger partial charge in [-0.1, -0.05) is 25.5 Å². The number of hydrogen-bond donors (Lipinski definition) is 2. The molecule has 1 aliphatic carbocycles. The van der Waals surface area contributed by atoms with Gasteiger partial charge in [0.15, 0.2) is 0 Å². The highest BCUT2D eigenvalue weighted by Gasteiger charge is 2.25. The van der Waals surface area contributed by atoms with E-state index in [1.807, 2.05) is 6.20 Å². The molecule has 2 N–H and O–H groups in total. The van der Waals surface area contributed by atoms with Gasteiger partial charge in [0, 0.05) is 18.2 Å². The van der Waals surface area contributed by atoms with E-state index in [-0.39, 0.29) is 11.4 Å². The Morgan fingerprint density at radius 2 is 2.17 bits per heavy atom. The van der Waals surface area contributed by atoms with Crippen LogP contribution in [-0.4, -0.2) is 30.8 Å². The summed E-state index contributed by atoms with van der Waals surface area (Å²) in [5, 5.41) is 5.96. The molecule has 0 radical (unpaired) electrons. The predicted octanol–water partition coefficient (Wildman–Crippen LogP) is 3.06. The Labute approximate surface area is 137 Å². The maximum absolute atomic E-state index is 12.2. The van der Waals surface area contributed by atoms with Crippen molar-refractivity contribution in [2.75, 3.05) is 25.1 Å². The zero-order valence-electron chi connectivity index (χ0n) is 13.9. The van der Waals surface area contributed by atoms with Gasteiger partial charge in [-0.2, -0.15) is 0 Å². The maximum Gasteiger partial charge on any atom is 0.319 e. The van der Waals surface area contributed by atoms with Crippen LogP contribution in [0.5, 0.6) is 0 Å². The highest BCUT2D eigenvalue weighted by molar-refractivity contribution is 5.90. The summed E-state index contributed by atoms with van der Waals surface area (Å²) in [5.74, 6) is 0. The first-order valence-electron chi connectivity index (χ1n) is 8.34. The van der Waals surface area contributed by atoms with E-state index in [1.165, 1.54) is 16.7 Å². The first-order valence-corrected chi connectivity index (χ1v) is 8.34. The van der Waals surface area contributed by atoms with E-state index in [9.17, 15) is 4.79 Å². The molecule has 0 fully saturated rings. The third-order valence-corrected chi connectivity index (χ3v) is 4.79. The highest BCUT2D eigenvalue weighted by Crippen LogP contribution is 2.30. The quantitative estimate of drug-likeness (QED) is 0.839. The average Bonchev–Trinajstić information content (AvgIpc) is 3.04. The molecule has 1 aliphatic heterocycles. The lowest BCUT2D eigenvalue weighted by Gasteiger charge is -2.30. The van der Waals surface area contributed by atoms with Crippen molar-refractivity contribution in [2.24, 2.45) is 5.41 Å². The summed E-state index contributed by atoms with van der Waals surface area (Å²) in [6, 6.07) is -0.159. The number of fused-ring (bicyclic) bond motifs is 1. The van der Waals surface area contributed by atoms with Gasteiger partial charge in [-0.3, -0.25) is 4.98 Å². The molecule has 1 aromatic heterocycles. The van der Waals surface area contributed by atoms with Crippen LogP contribution >= 0.6 is 0 Å². The van der Waals surface area contributed by atoms with Crippen molar-refractivity contribution in [3.8, 4) is 0 Å². The largest absolute Gasteiger partial charge is 0.377 e. The van der Waals surface area contributed by atoms with Crippen LogP contribution in [0.1, 0.15) is 37.8 Å². The number of rotatable bonds is 4. The molecule has 0 unspecified atom stereocenters. The van der Waals surface area contributed by atoms with E-state index in [4.69, 9.17) is 4.74 Å². The molecule has 0 spiro atoms. The summed E-state index contributed by atoms with van der Waals surface area (Å²) in [7, 11) is 0. The molecule has 2 amide bonds. The molecule has 0 aromatic carbocycles. The van der Waals surface area contributed by atoms with Gasteiger partial charge in [-0.05, 0) is 36.8 Å². The normalized spacial score (nSPS) is 17.4. The van der Waals surface area contributed by atoms with E-state index < -0.39 is 0 Å². The molecule has 3 rings (SSSR count). The Balaban J connectivity index is 1.58. The van der Waals surface area contributed by atoms with Gasteiger partial charge < -0.3 is 15.4 Å². The number of aromatic nitrogens is 1. The van der Waals surface area contributed by atoms with Crippen LogP contribution < -0.4 is 10.6 Å². The number of urea groups is 1. The van der Waals surface area contributed by atoms with Crippen LogP contribution in [0, 0.1) is 5.41 Å². The summed E-state index contributed by atoms with van der Waals surface area (Å²) in [5.41, 5.74) is 4.64. The van der Waals surface area contributed by atoms with Crippen LogP contribution in [0.25, 0.3) is 0 Å². The Morgan fingerprint density at radius 1 is 1.30 bits per heavy atom. The number of hydrogen-bond acceptors (Lipinski definition) is 3. The molecule has 0 atom stereocenters. The SMILES string of the molecule is CC(C)(CNC(=O)Nc1cncc2c1CCC2)C1=CCOCC1. The van der Waals surface area contributed by atoms with Crippen molar-refractivity contribution in [3.05, 3.63) is 35.2 Å². The van der Waals surface area contributed by atoms with Crippen LogP contribution in [-0.2, 0) is 17.6 Å². The van der Waals surface area contributed by atoms with Crippen molar-refractivity contribution < 1.29 is 9.53 Å². The van der Waals surface area contributed by atoms with Gasteiger partial charge in [0.1, 0.15) is 0 Å². The van der Waals surface area contributed by atoms with Gasteiger partial charge in [-0.15, -0.1) is 0 Å². The number of nitrogens with zero attached hydrogens (tertiary/aromatic N) is 1. The smallest absolute Gasteiger partial charge is 0.319 e. The van der Waals surface area contributed by atoms with Gasteiger partial charge in [0.05, 0.1) is 25.1 Å². The predicted molar refractivity (Wildman–Crippen MR) is 90.6 cm³/mol. The summed E-state index contributed by atoms with van der Waals surface area (Å²) >= 11 is 0. The minimum Gasteiger partial charge on any atom is -0.377 e.